The molecular formula is C23H24N2O3S. The van der Waals surface area contributed by atoms with Crippen molar-refractivity contribution in [3.05, 3.63) is 82.0 Å². The third-order valence-corrected chi connectivity index (χ3v) is 5.38. The van der Waals surface area contributed by atoms with E-state index in [0.717, 1.165) is 11.3 Å². The van der Waals surface area contributed by atoms with E-state index >= 15 is 0 Å². The fraction of sp³-hybridized carbons (Fsp3) is 0.217. The Morgan fingerprint density at radius 3 is 2.03 bits per heavy atom. The lowest BCUT2D eigenvalue weighted by Crippen LogP contribution is -2.29. The fourth-order valence-electron chi connectivity index (χ4n) is 2.95. The molecule has 2 aromatic carbocycles. The number of carbonyl (C=O) groups is 2. The maximum absolute atomic E-state index is 12.7. The normalized spacial score (nSPS) is 11.8. The summed E-state index contributed by atoms with van der Waals surface area (Å²) in [5.74, 6) is 1.07. The van der Waals surface area contributed by atoms with Gasteiger partial charge in [-0.3, -0.25) is 9.59 Å². The van der Waals surface area contributed by atoms with Gasteiger partial charge in [0, 0.05) is 16.0 Å². The third kappa shape index (κ3) is 5.68. The van der Waals surface area contributed by atoms with Crippen molar-refractivity contribution in [2.75, 3.05) is 0 Å². The summed E-state index contributed by atoms with van der Waals surface area (Å²) in [5.41, 5.74) is 6.23. The van der Waals surface area contributed by atoms with Crippen LogP contribution in [0.1, 0.15) is 51.9 Å². The van der Waals surface area contributed by atoms with E-state index in [1.807, 2.05) is 11.4 Å². The minimum atomic E-state index is -0.481. The number of carbonyl (C=O) groups excluding carboxylic acids is 2. The Morgan fingerprint density at radius 1 is 0.966 bits per heavy atom. The van der Waals surface area contributed by atoms with Crippen LogP contribution in [0.2, 0.25) is 0 Å². The number of nitrogens with one attached hydrogen (secondary N) is 1. The average Bonchev–Trinajstić information content (AvgIpc) is 3.23. The predicted molar refractivity (Wildman–Crippen MR) is 115 cm³/mol. The molecule has 0 aliphatic rings. The molecule has 1 heterocycles. The molecule has 3 N–H and O–H groups in total. The van der Waals surface area contributed by atoms with Crippen molar-refractivity contribution in [1.29, 1.82) is 0 Å². The van der Waals surface area contributed by atoms with Gasteiger partial charge in [-0.15, -0.1) is 11.3 Å². The second-order valence-corrected chi connectivity index (χ2v) is 8.17. The number of nitrogens with two attached hydrogens (primary N) is 1. The molecular weight excluding hydrogens is 384 g/mol. The van der Waals surface area contributed by atoms with Crippen LogP contribution in [0.4, 0.5) is 0 Å². The third-order valence-electron chi connectivity index (χ3n) is 4.39. The Morgan fingerprint density at radius 2 is 1.55 bits per heavy atom. The molecule has 5 nitrogen and oxygen atoms in total. The summed E-state index contributed by atoms with van der Waals surface area (Å²) in [5, 5.41) is 5.16. The molecule has 3 rings (SSSR count). The van der Waals surface area contributed by atoms with Crippen LogP contribution in [0.15, 0.2) is 66.0 Å². The van der Waals surface area contributed by atoms with Crippen LogP contribution in [0.3, 0.4) is 0 Å². The average molecular weight is 409 g/mol. The molecule has 2 amide bonds. The first-order valence-electron chi connectivity index (χ1n) is 9.44. The molecule has 0 fully saturated rings. The molecule has 1 atom stereocenters. The van der Waals surface area contributed by atoms with Gasteiger partial charge in [-0.2, -0.15) is 0 Å². The van der Waals surface area contributed by atoms with E-state index in [1.54, 1.807) is 59.9 Å². The highest BCUT2D eigenvalue weighted by Crippen LogP contribution is 2.26. The molecule has 1 unspecified atom stereocenters. The van der Waals surface area contributed by atoms with Gasteiger partial charge in [-0.25, -0.2) is 0 Å². The molecule has 6 heteroatoms. The van der Waals surface area contributed by atoms with E-state index < -0.39 is 5.91 Å². The van der Waals surface area contributed by atoms with Crippen molar-refractivity contribution < 1.29 is 14.3 Å². The molecule has 0 saturated heterocycles. The Hall–Kier alpha value is -3.12. The molecule has 0 bridgehead atoms. The summed E-state index contributed by atoms with van der Waals surface area (Å²) in [6.45, 7) is 4.30. The zero-order chi connectivity index (χ0) is 20.8. The van der Waals surface area contributed by atoms with Crippen molar-refractivity contribution in [1.82, 2.24) is 5.32 Å². The molecule has 0 radical (unpaired) electrons. The Labute approximate surface area is 174 Å². The summed E-state index contributed by atoms with van der Waals surface area (Å²) in [6, 6.07) is 17.6. The van der Waals surface area contributed by atoms with Crippen molar-refractivity contribution in [2.24, 2.45) is 11.7 Å². The number of amides is 2. The molecule has 1 aromatic heterocycles. The Bertz CT molecular complexity index is 949. The standard InChI is InChI=1S/C23H24N2O3S/c1-15(2)14-20(21-4-3-13-29-21)25-23(27)17-7-11-19(12-8-17)28-18-9-5-16(6-10-18)22(24)26/h3-13,15,20H,14H2,1-2H3,(H2,24,26)(H,25,27). The highest BCUT2D eigenvalue weighted by molar-refractivity contribution is 7.10. The predicted octanol–water partition coefficient (Wildman–Crippen LogP) is 5.16. The van der Waals surface area contributed by atoms with E-state index in [9.17, 15) is 9.59 Å². The zero-order valence-corrected chi connectivity index (χ0v) is 17.2. The first kappa shape index (κ1) is 20.6. The number of hydrogen-bond acceptors (Lipinski definition) is 4. The van der Waals surface area contributed by atoms with Gasteiger partial charge >= 0.3 is 0 Å². The molecule has 0 aliphatic heterocycles. The van der Waals surface area contributed by atoms with Crippen LogP contribution in [0.25, 0.3) is 0 Å². The Kier molecular flexibility index (Phi) is 6.67. The summed E-state index contributed by atoms with van der Waals surface area (Å²) in [7, 11) is 0. The Balaban J connectivity index is 1.65. The van der Waals surface area contributed by atoms with Crippen molar-refractivity contribution >= 4 is 23.2 Å². The summed E-state index contributed by atoms with van der Waals surface area (Å²) < 4.78 is 5.76. The number of hydrogen-bond donors (Lipinski definition) is 2. The number of benzene rings is 2. The first-order chi connectivity index (χ1) is 13.9. The molecule has 150 valence electrons. The fourth-order valence-corrected chi connectivity index (χ4v) is 3.74. The van der Waals surface area contributed by atoms with Crippen LogP contribution in [0.5, 0.6) is 11.5 Å². The molecule has 0 spiro atoms. The van der Waals surface area contributed by atoms with Crippen LogP contribution < -0.4 is 15.8 Å². The minimum Gasteiger partial charge on any atom is -0.457 e. The SMILES string of the molecule is CC(C)CC(NC(=O)c1ccc(Oc2ccc(C(N)=O)cc2)cc1)c1cccs1. The number of primary amides is 1. The second-order valence-electron chi connectivity index (χ2n) is 7.19. The van der Waals surface area contributed by atoms with Gasteiger partial charge in [0.05, 0.1) is 6.04 Å². The lowest BCUT2D eigenvalue weighted by Gasteiger charge is -2.19. The number of ether oxygens (including phenoxy) is 1. The molecule has 0 saturated carbocycles. The minimum absolute atomic E-state index is 0.00203. The zero-order valence-electron chi connectivity index (χ0n) is 16.4. The number of thiophene rings is 1. The van der Waals surface area contributed by atoms with E-state index in [4.69, 9.17) is 10.5 Å². The van der Waals surface area contributed by atoms with Gasteiger partial charge in [0.15, 0.2) is 0 Å². The van der Waals surface area contributed by atoms with Crippen LogP contribution in [-0.4, -0.2) is 11.8 Å². The summed E-state index contributed by atoms with van der Waals surface area (Å²) in [6.07, 6.45) is 0.884. The van der Waals surface area contributed by atoms with Gasteiger partial charge in [0.1, 0.15) is 11.5 Å². The van der Waals surface area contributed by atoms with Gasteiger partial charge < -0.3 is 15.8 Å². The van der Waals surface area contributed by atoms with Crippen LogP contribution in [-0.2, 0) is 0 Å². The summed E-state index contributed by atoms with van der Waals surface area (Å²) in [4.78, 5) is 25.0. The molecule has 0 aliphatic carbocycles. The van der Waals surface area contributed by atoms with Crippen LogP contribution >= 0.6 is 11.3 Å². The van der Waals surface area contributed by atoms with Crippen molar-refractivity contribution in [2.45, 2.75) is 26.3 Å². The van der Waals surface area contributed by atoms with Gasteiger partial charge in [0.25, 0.3) is 5.91 Å². The lowest BCUT2D eigenvalue weighted by molar-refractivity contribution is 0.0931. The van der Waals surface area contributed by atoms with E-state index in [0.29, 0.717) is 28.5 Å². The number of rotatable bonds is 8. The van der Waals surface area contributed by atoms with Crippen molar-refractivity contribution in [3.63, 3.8) is 0 Å². The topological polar surface area (TPSA) is 81.4 Å². The van der Waals surface area contributed by atoms with Gasteiger partial charge in [-0.1, -0.05) is 19.9 Å². The van der Waals surface area contributed by atoms with E-state index in [1.165, 1.54) is 0 Å². The molecule has 29 heavy (non-hydrogen) atoms. The maximum atomic E-state index is 12.7. The highest BCUT2D eigenvalue weighted by Gasteiger charge is 2.18. The van der Waals surface area contributed by atoms with Gasteiger partial charge in [-0.05, 0) is 72.3 Å². The quantitative estimate of drug-likeness (QED) is 0.540. The van der Waals surface area contributed by atoms with Crippen LogP contribution in [0, 0.1) is 5.92 Å². The van der Waals surface area contributed by atoms with E-state index in [2.05, 4.69) is 25.2 Å². The lowest BCUT2D eigenvalue weighted by atomic mass is 10.0. The smallest absolute Gasteiger partial charge is 0.251 e. The summed E-state index contributed by atoms with van der Waals surface area (Å²) >= 11 is 1.65. The monoisotopic (exact) mass is 408 g/mol. The second kappa shape index (κ2) is 9.39. The van der Waals surface area contributed by atoms with Crippen molar-refractivity contribution in [3.8, 4) is 11.5 Å². The highest BCUT2D eigenvalue weighted by atomic mass is 32.1. The maximum Gasteiger partial charge on any atom is 0.251 e. The van der Waals surface area contributed by atoms with E-state index in [-0.39, 0.29) is 11.9 Å². The van der Waals surface area contributed by atoms with Gasteiger partial charge in [0.2, 0.25) is 5.91 Å². The first-order valence-corrected chi connectivity index (χ1v) is 10.3. The molecule has 3 aromatic rings. The largest absolute Gasteiger partial charge is 0.457 e.